The van der Waals surface area contributed by atoms with Crippen LogP contribution in [0.5, 0.6) is 0 Å². The van der Waals surface area contributed by atoms with Crippen molar-refractivity contribution in [3.05, 3.63) is 53.4 Å². The predicted molar refractivity (Wildman–Crippen MR) is 130 cm³/mol. The Kier molecular flexibility index (Phi) is 8.95. The second kappa shape index (κ2) is 12.0. The molecule has 0 spiro atoms. The number of Topliss-reactive ketones (excluding diaryl/α,β-unsaturated/α-hetero) is 1. The smallest absolute Gasteiger partial charge is 0.475 e. The molecular formula is C25H23F5N6O3. The Morgan fingerprint density at radius 2 is 1.67 bits per heavy atom. The van der Waals surface area contributed by atoms with E-state index in [0.29, 0.717) is 48.6 Å². The minimum absolute atomic E-state index is 0.0629. The van der Waals surface area contributed by atoms with Crippen LogP contribution >= 0.6 is 0 Å². The minimum atomic E-state index is -5.08. The lowest BCUT2D eigenvalue weighted by molar-refractivity contribution is -0.192. The Balaban J connectivity index is 0.000000532. The van der Waals surface area contributed by atoms with Crippen LogP contribution in [0, 0.1) is 28.9 Å². The fraction of sp³-hybridized carbons (Fsp3) is 0.360. The predicted octanol–water partition coefficient (Wildman–Crippen LogP) is 4.73. The number of fused-ring (bicyclic) bond motifs is 1. The Hall–Kier alpha value is -4.41. The zero-order valence-electron chi connectivity index (χ0n) is 20.8. The zero-order valence-corrected chi connectivity index (χ0v) is 20.8. The minimum Gasteiger partial charge on any atom is -0.475 e. The number of aromatic nitrogens is 3. The van der Waals surface area contributed by atoms with Gasteiger partial charge >= 0.3 is 12.1 Å². The van der Waals surface area contributed by atoms with Crippen molar-refractivity contribution >= 4 is 34.4 Å². The number of carbonyl (C=O) groups is 2. The van der Waals surface area contributed by atoms with Crippen molar-refractivity contribution in [3.8, 4) is 6.07 Å². The summed E-state index contributed by atoms with van der Waals surface area (Å²) in [6.07, 6.45) is -2.49. The number of piperidine rings is 1. The van der Waals surface area contributed by atoms with Crippen molar-refractivity contribution in [3.63, 3.8) is 0 Å². The van der Waals surface area contributed by atoms with Crippen molar-refractivity contribution in [2.75, 3.05) is 23.3 Å². The Morgan fingerprint density at radius 1 is 1.08 bits per heavy atom. The molecule has 0 saturated carbocycles. The van der Waals surface area contributed by atoms with Crippen LogP contribution in [0.15, 0.2) is 30.5 Å². The second-order valence-electron chi connectivity index (χ2n) is 8.95. The van der Waals surface area contributed by atoms with Crippen LogP contribution in [0.1, 0.15) is 42.7 Å². The van der Waals surface area contributed by atoms with Gasteiger partial charge in [0, 0.05) is 42.7 Å². The maximum absolute atomic E-state index is 13.5. The van der Waals surface area contributed by atoms with Gasteiger partial charge in [0.2, 0.25) is 0 Å². The maximum atomic E-state index is 13.5. The molecule has 2 aromatic heterocycles. The van der Waals surface area contributed by atoms with Crippen LogP contribution in [0.4, 0.5) is 33.6 Å². The number of nitriles is 1. The van der Waals surface area contributed by atoms with Crippen molar-refractivity contribution in [2.24, 2.45) is 5.92 Å². The average Bonchev–Trinajstić information content (AvgIpc) is 2.86. The summed E-state index contributed by atoms with van der Waals surface area (Å²) in [6, 6.07) is 6.64. The number of alkyl halides is 3. The van der Waals surface area contributed by atoms with E-state index in [1.165, 1.54) is 6.20 Å². The van der Waals surface area contributed by atoms with Crippen LogP contribution in [0.25, 0.3) is 11.0 Å². The van der Waals surface area contributed by atoms with Crippen molar-refractivity contribution in [2.45, 2.75) is 38.9 Å². The summed E-state index contributed by atoms with van der Waals surface area (Å²) in [6.45, 7) is 5.08. The van der Waals surface area contributed by atoms with E-state index in [-0.39, 0.29) is 29.0 Å². The van der Waals surface area contributed by atoms with Crippen molar-refractivity contribution in [1.82, 2.24) is 15.0 Å². The number of hydrogen-bond donors (Lipinski definition) is 2. The molecule has 0 unspecified atom stereocenters. The molecule has 4 rings (SSSR count). The number of anilines is 2. The quantitative estimate of drug-likeness (QED) is 0.342. The molecule has 0 bridgehead atoms. The molecule has 2 N–H and O–H groups in total. The molecule has 0 atom stereocenters. The number of carboxylic acids is 1. The topological polar surface area (TPSA) is 132 Å². The third kappa shape index (κ3) is 7.56. The molecule has 9 nitrogen and oxygen atoms in total. The van der Waals surface area contributed by atoms with Crippen molar-refractivity contribution in [1.29, 1.82) is 5.26 Å². The molecule has 1 aliphatic heterocycles. The van der Waals surface area contributed by atoms with E-state index in [0.717, 1.165) is 18.2 Å². The van der Waals surface area contributed by atoms with Gasteiger partial charge in [0.15, 0.2) is 17.4 Å². The van der Waals surface area contributed by atoms with Crippen LogP contribution in [0.3, 0.4) is 0 Å². The van der Waals surface area contributed by atoms with Crippen LogP contribution < -0.4 is 10.2 Å². The van der Waals surface area contributed by atoms with Gasteiger partial charge in [0.05, 0.1) is 11.7 Å². The molecule has 14 heteroatoms. The normalized spacial score (nSPS) is 14.0. The lowest BCUT2D eigenvalue weighted by Crippen LogP contribution is -2.37. The number of benzene rings is 1. The number of hydrogen-bond acceptors (Lipinski definition) is 8. The molecular weight excluding hydrogens is 527 g/mol. The highest BCUT2D eigenvalue weighted by Gasteiger charge is 2.38. The van der Waals surface area contributed by atoms with Gasteiger partial charge in [0.25, 0.3) is 0 Å². The van der Waals surface area contributed by atoms with E-state index < -0.39 is 23.8 Å². The number of carbonyl (C=O) groups excluding carboxylic acids is 1. The SMILES string of the molecule is CC(C)Nc1nc2cc(C#N)ncc2nc1N1CCC(C(=O)c2cc(F)cc(F)c2)CC1.O=C(O)C(F)(F)F. The van der Waals surface area contributed by atoms with Crippen LogP contribution in [-0.2, 0) is 4.79 Å². The fourth-order valence-electron chi connectivity index (χ4n) is 3.89. The summed E-state index contributed by atoms with van der Waals surface area (Å²) in [7, 11) is 0. The van der Waals surface area contributed by atoms with E-state index in [9.17, 15) is 26.7 Å². The summed E-state index contributed by atoms with van der Waals surface area (Å²) in [5.41, 5.74) is 1.47. The summed E-state index contributed by atoms with van der Waals surface area (Å²) >= 11 is 0. The Labute approximate surface area is 219 Å². The van der Waals surface area contributed by atoms with Crippen LogP contribution in [0.2, 0.25) is 0 Å². The number of aliphatic carboxylic acids is 1. The Morgan fingerprint density at radius 3 is 2.18 bits per heavy atom. The van der Waals surface area contributed by atoms with Gasteiger partial charge in [0.1, 0.15) is 28.9 Å². The largest absolute Gasteiger partial charge is 0.490 e. The van der Waals surface area contributed by atoms with E-state index in [4.69, 9.17) is 20.1 Å². The standard InChI is InChI=1S/C23H22F2N6O.C2HF3O2/c1-13(2)28-22-23(30-20-12-27-18(11-26)10-19(20)29-22)31-5-3-14(4-6-31)21(32)15-7-16(24)9-17(25)8-15;3-2(4,5)1(6)7/h7-10,12-14H,3-6H2,1-2H3,(H,28,29);(H,6,7). The molecule has 39 heavy (non-hydrogen) atoms. The highest BCUT2D eigenvalue weighted by atomic mass is 19.4. The van der Waals surface area contributed by atoms with Gasteiger partial charge in [-0.05, 0) is 38.8 Å². The monoisotopic (exact) mass is 550 g/mol. The molecule has 206 valence electrons. The third-order valence-corrected chi connectivity index (χ3v) is 5.63. The third-order valence-electron chi connectivity index (χ3n) is 5.63. The summed E-state index contributed by atoms with van der Waals surface area (Å²) < 4.78 is 58.8. The molecule has 0 aliphatic carbocycles. The van der Waals surface area contributed by atoms with E-state index in [1.807, 2.05) is 24.8 Å². The van der Waals surface area contributed by atoms with Gasteiger partial charge < -0.3 is 15.3 Å². The Bertz CT molecular complexity index is 1400. The molecule has 1 fully saturated rings. The van der Waals surface area contributed by atoms with Gasteiger partial charge in [-0.3, -0.25) is 4.79 Å². The van der Waals surface area contributed by atoms with E-state index >= 15 is 0 Å². The number of ketones is 1. The fourth-order valence-corrected chi connectivity index (χ4v) is 3.89. The summed E-state index contributed by atoms with van der Waals surface area (Å²) in [5, 5.41) is 19.5. The summed E-state index contributed by atoms with van der Waals surface area (Å²) in [4.78, 5) is 37.2. The van der Waals surface area contributed by atoms with Crippen LogP contribution in [-0.4, -0.2) is 57.1 Å². The first-order chi connectivity index (χ1) is 18.3. The molecule has 0 amide bonds. The first-order valence-electron chi connectivity index (χ1n) is 11.7. The number of nitrogens with one attached hydrogen (secondary N) is 1. The van der Waals surface area contributed by atoms with E-state index in [2.05, 4.69) is 15.3 Å². The van der Waals surface area contributed by atoms with Gasteiger partial charge in [-0.25, -0.2) is 28.5 Å². The second-order valence-corrected chi connectivity index (χ2v) is 8.95. The lowest BCUT2D eigenvalue weighted by Gasteiger charge is -2.33. The van der Waals surface area contributed by atoms with Crippen molar-refractivity contribution < 1.29 is 36.6 Å². The average molecular weight is 550 g/mol. The van der Waals surface area contributed by atoms with E-state index in [1.54, 1.807) is 6.07 Å². The molecule has 1 aromatic carbocycles. The maximum Gasteiger partial charge on any atom is 0.490 e. The number of carboxylic acid groups (broad SMARTS) is 1. The number of pyridine rings is 1. The van der Waals surface area contributed by atoms with Gasteiger partial charge in [-0.1, -0.05) is 0 Å². The number of halogens is 5. The highest BCUT2D eigenvalue weighted by molar-refractivity contribution is 5.98. The summed E-state index contributed by atoms with van der Waals surface area (Å²) in [5.74, 6) is -3.58. The number of rotatable bonds is 5. The highest BCUT2D eigenvalue weighted by Crippen LogP contribution is 2.31. The van der Waals surface area contributed by atoms with Gasteiger partial charge in [-0.15, -0.1) is 0 Å². The molecule has 3 aromatic rings. The van der Waals surface area contributed by atoms with Gasteiger partial charge in [-0.2, -0.15) is 18.4 Å². The number of nitrogens with zero attached hydrogens (tertiary/aromatic N) is 5. The molecule has 0 radical (unpaired) electrons. The zero-order chi connectivity index (χ0) is 28.9. The first kappa shape index (κ1) is 29.2. The molecule has 1 aliphatic rings. The first-order valence-corrected chi connectivity index (χ1v) is 11.7. The lowest BCUT2D eigenvalue weighted by atomic mass is 9.89. The molecule has 1 saturated heterocycles. The molecule has 3 heterocycles.